The van der Waals surface area contributed by atoms with Gasteiger partial charge in [0.25, 0.3) is 41.1 Å². The van der Waals surface area contributed by atoms with Crippen molar-refractivity contribution < 1.29 is 58.9 Å². The van der Waals surface area contributed by atoms with E-state index in [9.17, 15) is 64.1 Å². The van der Waals surface area contributed by atoms with Crippen LogP contribution in [0.25, 0.3) is 33.4 Å². The number of anilines is 6. The van der Waals surface area contributed by atoms with Crippen LogP contribution in [0.5, 0.6) is 0 Å². The number of primary sulfonamides is 3. The highest BCUT2D eigenvalue weighted by molar-refractivity contribution is 9.10. The molecule has 0 aliphatic rings. The molecule has 0 radical (unpaired) electrons. The lowest BCUT2D eigenvalue weighted by molar-refractivity contribution is -0.384. The maximum absolute atomic E-state index is 13.0. The van der Waals surface area contributed by atoms with Gasteiger partial charge in [-0.05, 0) is 142 Å². The lowest BCUT2D eigenvalue weighted by atomic mass is 10.0. The Morgan fingerprint density at radius 3 is 1.03 bits per heavy atom. The molecule has 12 rings (SSSR count). The maximum Gasteiger partial charge on any atom is 0.271 e. The number of nitrogens with one attached hydrogen (secondary N) is 6. The molecule has 0 unspecified atom stereocenters. The van der Waals surface area contributed by atoms with Gasteiger partial charge in [-0.2, -0.15) is 0 Å². The first-order valence-corrected chi connectivity index (χ1v) is 37.2. The van der Waals surface area contributed by atoms with Crippen LogP contribution in [-0.2, 0) is 30.1 Å². The summed E-state index contributed by atoms with van der Waals surface area (Å²) in [5.74, 6) is -2.44. The van der Waals surface area contributed by atoms with Gasteiger partial charge in [0.15, 0.2) is 0 Å². The summed E-state index contributed by atoms with van der Waals surface area (Å²) >= 11 is 14.9. The van der Waals surface area contributed by atoms with Crippen molar-refractivity contribution in [3.8, 4) is 33.4 Å². The minimum Gasteiger partial charge on any atom is -0.321 e. The van der Waals surface area contributed by atoms with E-state index in [4.69, 9.17) is 38.6 Å². The Morgan fingerprint density at radius 1 is 0.370 bits per heavy atom. The molecular weight excluding hydrogens is 1560 g/mol. The number of amides is 6. The number of hydrogen-bond acceptors (Lipinski definition) is 19. The zero-order chi connectivity index (χ0) is 77.5. The van der Waals surface area contributed by atoms with Crippen molar-refractivity contribution in [2.24, 2.45) is 15.4 Å². The molecule has 0 saturated heterocycles. The average Bonchev–Trinajstić information content (AvgIpc) is 0.812. The van der Waals surface area contributed by atoms with E-state index in [0.717, 1.165) is 16.6 Å². The zero-order valence-corrected chi connectivity index (χ0v) is 60.8. The summed E-state index contributed by atoms with van der Waals surface area (Å²) in [7, 11) is -11.8. The molecule has 12 aromatic rings. The standard InChI is InChI=1S/C25H18ClN5O6S.C24H18BrN5O4S.C24H18ClN5O4S/c26-17-9-12-23(28-14-17)30-25(33)20-11-10-18(31(34)35)13-21(20)29-24(32)16-7-5-15(6-8-16)19-3-1-2-4-22(19)38(27,36)37;2*25-17-9-10-22(28-13-17)30-24(32)19-14-27-12-11-20(19)29-23(31)16-7-5-15(6-8-16)18-3-1-2-4-21(18)35(26,33)34/h1-14H,(H,29,32)(H2,27,36,37)(H,28,30,33);2*1-14H,(H2,26,33,34)(H,27,29,31)(H,28,30,32). The fourth-order valence-corrected chi connectivity index (χ4v) is 12.8. The van der Waals surface area contributed by atoms with Crippen LogP contribution in [0, 0.1) is 10.1 Å². The topological polar surface area (TPSA) is 463 Å². The molecule has 5 heterocycles. The van der Waals surface area contributed by atoms with E-state index >= 15 is 0 Å². The Kier molecular flexibility index (Phi) is 24.9. The van der Waals surface area contributed by atoms with Gasteiger partial charge in [0, 0.05) is 93.4 Å². The number of aromatic nitrogens is 5. The van der Waals surface area contributed by atoms with Crippen molar-refractivity contribution >= 4 is 145 Å². The number of rotatable bonds is 19. The second-order valence-electron chi connectivity index (χ2n) is 22.5. The van der Waals surface area contributed by atoms with E-state index in [0.29, 0.717) is 60.4 Å². The molecule has 0 bridgehead atoms. The number of pyridine rings is 5. The zero-order valence-electron chi connectivity index (χ0n) is 55.2. The Labute approximate surface area is 633 Å². The number of carbonyl (C=O) groups is 6. The van der Waals surface area contributed by atoms with Gasteiger partial charge in [-0.1, -0.05) is 114 Å². The van der Waals surface area contributed by atoms with Crippen LogP contribution in [0.4, 0.5) is 40.2 Å². The van der Waals surface area contributed by atoms with Gasteiger partial charge in [-0.15, -0.1) is 0 Å². The van der Waals surface area contributed by atoms with Gasteiger partial charge in [-0.3, -0.25) is 48.8 Å². The van der Waals surface area contributed by atoms with E-state index < -0.39 is 70.4 Å². The summed E-state index contributed by atoms with van der Waals surface area (Å²) < 4.78 is 72.2. The molecule has 12 N–H and O–H groups in total. The number of benzene rings is 7. The van der Waals surface area contributed by atoms with Crippen LogP contribution in [-0.4, -0.2) is 90.5 Å². The third kappa shape index (κ3) is 20.4. The molecule has 544 valence electrons. The van der Waals surface area contributed by atoms with E-state index in [1.165, 1.54) is 110 Å². The minimum atomic E-state index is -3.98. The summed E-state index contributed by atoms with van der Waals surface area (Å²) in [6, 6.07) is 53.4. The molecule has 29 nitrogen and oxygen atoms in total. The number of hydrogen-bond donors (Lipinski definition) is 9. The van der Waals surface area contributed by atoms with Crippen molar-refractivity contribution in [2.75, 3.05) is 31.9 Å². The number of nitro benzene ring substituents is 1. The van der Waals surface area contributed by atoms with Crippen LogP contribution < -0.4 is 47.3 Å². The SMILES string of the molecule is NS(=O)(=O)c1ccccc1-c1ccc(C(=O)Nc2cc([N+](=O)[O-])ccc2C(=O)Nc2ccc(Cl)cn2)cc1.NS(=O)(=O)c1ccccc1-c1ccc(C(=O)Nc2ccncc2C(=O)Nc2ccc(Br)cn2)cc1.NS(=O)(=O)c1ccccc1-c1ccc(C(=O)Nc2ccncc2C(=O)Nc2ccc(Cl)cn2)cc1. The Bertz CT molecular complexity index is 5580. The van der Waals surface area contributed by atoms with Gasteiger partial charge >= 0.3 is 0 Å². The summed E-state index contributed by atoms with van der Waals surface area (Å²) in [5.41, 5.74) is 3.94. The smallest absolute Gasteiger partial charge is 0.271 e. The number of sulfonamides is 3. The first-order chi connectivity index (χ1) is 51.5. The molecule has 35 heteroatoms. The Morgan fingerprint density at radius 2 is 0.704 bits per heavy atom. The number of non-ortho nitro benzene ring substituents is 1. The van der Waals surface area contributed by atoms with Crippen LogP contribution in [0.3, 0.4) is 0 Å². The van der Waals surface area contributed by atoms with Crippen molar-refractivity contribution in [3.05, 3.63) is 314 Å². The molecule has 108 heavy (non-hydrogen) atoms. The van der Waals surface area contributed by atoms with E-state index in [1.54, 1.807) is 134 Å². The molecule has 0 atom stereocenters. The second kappa shape index (κ2) is 34.5. The molecule has 7 aromatic carbocycles. The summed E-state index contributed by atoms with van der Waals surface area (Å²) in [5, 5.41) is 43.8. The highest BCUT2D eigenvalue weighted by atomic mass is 79.9. The monoisotopic (exact) mass is 1610 g/mol. The molecular formula is C73H54BrCl2N15O14S3. The lowest BCUT2D eigenvalue weighted by Gasteiger charge is -2.12. The van der Waals surface area contributed by atoms with Gasteiger partial charge in [0.05, 0.1) is 63.4 Å². The van der Waals surface area contributed by atoms with Crippen LogP contribution >= 0.6 is 39.1 Å². The maximum atomic E-state index is 13.0. The third-order valence-corrected chi connectivity index (χ3v) is 19.0. The van der Waals surface area contributed by atoms with Gasteiger partial charge in [-0.25, -0.2) is 55.6 Å². The molecule has 5 aromatic heterocycles. The summed E-state index contributed by atoms with van der Waals surface area (Å²) in [6.45, 7) is 0. The fourth-order valence-electron chi connectivity index (χ4n) is 10.1. The van der Waals surface area contributed by atoms with Crippen LogP contribution in [0.1, 0.15) is 62.1 Å². The molecule has 6 amide bonds. The largest absolute Gasteiger partial charge is 0.321 e. The molecule has 0 fully saturated rings. The van der Waals surface area contributed by atoms with Crippen molar-refractivity contribution in [2.45, 2.75) is 14.7 Å². The number of nitrogens with zero attached hydrogens (tertiary/aromatic N) is 6. The minimum absolute atomic E-state index is 0.00935. The number of nitrogens with two attached hydrogens (primary N) is 3. The van der Waals surface area contributed by atoms with Crippen molar-refractivity contribution in [1.29, 1.82) is 0 Å². The average molecular weight is 1610 g/mol. The molecule has 0 saturated carbocycles. The Balaban J connectivity index is 0.000000173. The number of carbonyl (C=O) groups excluding carboxylic acids is 6. The summed E-state index contributed by atoms with van der Waals surface area (Å²) in [4.78, 5) is 108. The van der Waals surface area contributed by atoms with Crippen LogP contribution in [0.2, 0.25) is 10.0 Å². The fraction of sp³-hybridized carbons (Fsp3) is 0. The first kappa shape index (κ1) is 77.9. The number of nitro groups is 1. The second-order valence-corrected chi connectivity index (χ2v) is 28.9. The predicted molar refractivity (Wildman–Crippen MR) is 409 cm³/mol. The quantitative estimate of drug-likeness (QED) is 0.0268. The van der Waals surface area contributed by atoms with E-state index in [1.807, 2.05) is 0 Å². The number of halogens is 3. The first-order valence-electron chi connectivity index (χ1n) is 31.0. The molecule has 0 aliphatic carbocycles. The van der Waals surface area contributed by atoms with Crippen molar-refractivity contribution in [1.82, 2.24) is 24.9 Å². The van der Waals surface area contributed by atoms with Gasteiger partial charge in [0.1, 0.15) is 17.5 Å². The van der Waals surface area contributed by atoms with Crippen LogP contribution in [0.15, 0.2) is 275 Å². The Hall–Kier alpha value is -12.7. The van der Waals surface area contributed by atoms with E-state index in [-0.39, 0.29) is 71.3 Å². The lowest BCUT2D eigenvalue weighted by Crippen LogP contribution is -2.19. The highest BCUT2D eigenvalue weighted by Gasteiger charge is 2.24. The van der Waals surface area contributed by atoms with Gasteiger partial charge < -0.3 is 31.9 Å². The normalized spacial score (nSPS) is 11.0. The molecule has 0 aliphatic heterocycles. The van der Waals surface area contributed by atoms with E-state index in [2.05, 4.69) is 72.8 Å². The van der Waals surface area contributed by atoms with Crippen molar-refractivity contribution in [3.63, 3.8) is 0 Å². The highest BCUT2D eigenvalue weighted by Crippen LogP contribution is 2.32. The third-order valence-electron chi connectivity index (χ3n) is 15.2. The van der Waals surface area contributed by atoms with Gasteiger partial charge in [0.2, 0.25) is 30.1 Å². The summed E-state index contributed by atoms with van der Waals surface area (Å²) in [6.07, 6.45) is 9.85. The molecule has 0 spiro atoms. The predicted octanol–water partition coefficient (Wildman–Crippen LogP) is 12.5.